The summed E-state index contributed by atoms with van der Waals surface area (Å²) in [5, 5.41) is 0.0424. The molecule has 4 amide bonds. The highest BCUT2D eigenvalue weighted by atomic mass is 35.5. The molecule has 2 aromatic carbocycles. The first-order chi connectivity index (χ1) is 14.3. The van der Waals surface area contributed by atoms with Crippen LogP contribution in [0.3, 0.4) is 0 Å². The molecule has 1 saturated heterocycles. The lowest BCUT2D eigenvalue weighted by molar-refractivity contribution is 0.0535. The number of benzene rings is 2. The number of imide groups is 1. The maximum atomic E-state index is 13.2. The number of carbonyl (C=O) groups is 4. The highest BCUT2D eigenvalue weighted by Gasteiger charge is 2.34. The van der Waals surface area contributed by atoms with E-state index in [-0.39, 0.29) is 39.4 Å². The van der Waals surface area contributed by atoms with E-state index in [4.69, 9.17) is 11.6 Å². The van der Waals surface area contributed by atoms with Gasteiger partial charge in [-0.25, -0.2) is 4.39 Å². The van der Waals surface area contributed by atoms with E-state index in [2.05, 4.69) is 0 Å². The lowest BCUT2D eigenvalue weighted by Crippen LogP contribution is -2.50. The Bertz CT molecular complexity index is 1100. The average molecular weight is 430 g/mol. The molecule has 1 fully saturated rings. The van der Waals surface area contributed by atoms with E-state index >= 15 is 0 Å². The van der Waals surface area contributed by atoms with Gasteiger partial charge >= 0.3 is 0 Å². The number of hydrogen-bond donors (Lipinski definition) is 0. The molecule has 4 rings (SSSR count). The van der Waals surface area contributed by atoms with Gasteiger partial charge in [-0.1, -0.05) is 11.6 Å². The fourth-order valence-electron chi connectivity index (χ4n) is 3.62. The van der Waals surface area contributed by atoms with Crippen LogP contribution in [-0.2, 0) is 0 Å². The van der Waals surface area contributed by atoms with Gasteiger partial charge in [0.05, 0.1) is 21.7 Å². The van der Waals surface area contributed by atoms with Crippen LogP contribution in [0.2, 0.25) is 5.02 Å². The van der Waals surface area contributed by atoms with Crippen LogP contribution in [0.1, 0.15) is 41.4 Å². The van der Waals surface area contributed by atoms with Gasteiger partial charge in [0.15, 0.2) is 0 Å². The number of halogens is 2. The molecule has 0 atom stereocenters. The van der Waals surface area contributed by atoms with Crippen molar-refractivity contribution >= 4 is 35.2 Å². The summed E-state index contributed by atoms with van der Waals surface area (Å²) in [6, 6.07) is 8.07. The number of piperazine rings is 1. The quantitative estimate of drug-likeness (QED) is 0.686. The van der Waals surface area contributed by atoms with E-state index in [0.29, 0.717) is 31.7 Å². The van der Waals surface area contributed by atoms with Crippen molar-refractivity contribution in [2.75, 3.05) is 33.2 Å². The molecule has 2 aliphatic rings. The predicted molar refractivity (Wildman–Crippen MR) is 106 cm³/mol. The van der Waals surface area contributed by atoms with Gasteiger partial charge in [0.1, 0.15) is 5.82 Å². The Hall–Kier alpha value is -3.26. The van der Waals surface area contributed by atoms with Gasteiger partial charge in [0, 0.05) is 38.8 Å². The first-order valence-corrected chi connectivity index (χ1v) is 9.66. The lowest BCUT2D eigenvalue weighted by atomic mass is 10.0. The van der Waals surface area contributed by atoms with Crippen molar-refractivity contribution in [3.05, 3.63) is 69.5 Å². The second kappa shape index (κ2) is 7.53. The molecule has 2 heterocycles. The van der Waals surface area contributed by atoms with Crippen molar-refractivity contribution < 1.29 is 23.6 Å². The molecule has 0 aliphatic carbocycles. The topological polar surface area (TPSA) is 78.0 Å². The molecule has 0 bridgehead atoms. The minimum atomic E-state index is -0.521. The van der Waals surface area contributed by atoms with Crippen LogP contribution in [0.15, 0.2) is 36.4 Å². The van der Waals surface area contributed by atoms with Crippen LogP contribution < -0.4 is 0 Å². The number of nitrogens with zero attached hydrogens (tertiary/aromatic N) is 3. The van der Waals surface area contributed by atoms with Gasteiger partial charge < -0.3 is 9.80 Å². The largest absolute Gasteiger partial charge is 0.335 e. The minimum Gasteiger partial charge on any atom is -0.335 e. The van der Waals surface area contributed by atoms with Crippen molar-refractivity contribution in [2.45, 2.75) is 0 Å². The average Bonchev–Trinajstić information content (AvgIpc) is 2.96. The van der Waals surface area contributed by atoms with Gasteiger partial charge in [0.25, 0.3) is 23.6 Å². The van der Waals surface area contributed by atoms with E-state index in [0.717, 1.165) is 11.0 Å². The second-order valence-corrected chi connectivity index (χ2v) is 7.55. The maximum absolute atomic E-state index is 13.2. The van der Waals surface area contributed by atoms with Crippen LogP contribution in [-0.4, -0.2) is 71.6 Å². The van der Waals surface area contributed by atoms with Crippen molar-refractivity contribution in [3.8, 4) is 0 Å². The number of hydrogen-bond acceptors (Lipinski definition) is 4. The molecule has 0 N–H and O–H groups in total. The third-order valence-electron chi connectivity index (χ3n) is 5.35. The summed E-state index contributed by atoms with van der Waals surface area (Å²) in [6.45, 7) is 1.19. The van der Waals surface area contributed by atoms with Crippen LogP contribution >= 0.6 is 11.6 Å². The minimum absolute atomic E-state index is 0.0424. The monoisotopic (exact) mass is 429 g/mol. The van der Waals surface area contributed by atoms with E-state index < -0.39 is 11.7 Å². The molecule has 0 spiro atoms. The van der Waals surface area contributed by atoms with Crippen LogP contribution in [0, 0.1) is 5.82 Å². The first-order valence-electron chi connectivity index (χ1n) is 9.28. The summed E-state index contributed by atoms with van der Waals surface area (Å²) in [4.78, 5) is 53.8. The van der Waals surface area contributed by atoms with E-state index in [1.807, 2.05) is 0 Å². The Morgan fingerprint density at radius 2 is 1.47 bits per heavy atom. The molecule has 154 valence electrons. The highest BCUT2D eigenvalue weighted by Crippen LogP contribution is 2.24. The summed E-state index contributed by atoms with van der Waals surface area (Å²) in [5.41, 5.74) is 1.02. The Labute approximate surface area is 176 Å². The second-order valence-electron chi connectivity index (χ2n) is 7.14. The van der Waals surface area contributed by atoms with Crippen LogP contribution in [0.4, 0.5) is 4.39 Å². The summed E-state index contributed by atoms with van der Waals surface area (Å²) in [6.07, 6.45) is 0. The molecular weight excluding hydrogens is 413 g/mol. The molecule has 7 nitrogen and oxygen atoms in total. The molecule has 0 saturated carbocycles. The van der Waals surface area contributed by atoms with Crippen molar-refractivity contribution in [3.63, 3.8) is 0 Å². The number of fused-ring (bicyclic) bond motifs is 1. The Morgan fingerprint density at radius 1 is 0.867 bits per heavy atom. The molecule has 0 aromatic heterocycles. The van der Waals surface area contributed by atoms with Crippen LogP contribution in [0.25, 0.3) is 0 Å². The van der Waals surface area contributed by atoms with Gasteiger partial charge in [-0.3, -0.25) is 24.1 Å². The normalized spacial score (nSPS) is 16.2. The molecule has 9 heteroatoms. The molecule has 0 unspecified atom stereocenters. The third-order valence-corrected chi connectivity index (χ3v) is 5.66. The molecular formula is C21H17ClFN3O4. The first kappa shape index (κ1) is 20.0. The zero-order valence-electron chi connectivity index (χ0n) is 16.0. The Morgan fingerprint density at radius 3 is 2.10 bits per heavy atom. The SMILES string of the molecule is CN1C(=O)c2ccc(C(=O)N3CCN(C(=O)c4ccc(F)cc4Cl)CC3)cc2C1=O. The zero-order valence-corrected chi connectivity index (χ0v) is 16.8. The fraction of sp³-hybridized carbons (Fsp3) is 0.238. The molecule has 2 aliphatic heterocycles. The van der Waals surface area contributed by atoms with Gasteiger partial charge in [-0.2, -0.15) is 0 Å². The summed E-state index contributed by atoms with van der Waals surface area (Å²) < 4.78 is 13.2. The smallest absolute Gasteiger partial charge is 0.261 e. The predicted octanol–water partition coefficient (Wildman–Crippen LogP) is 2.30. The number of amides is 4. The standard InChI is InChI=1S/C21H17ClFN3O4/c1-24-19(28)14-4-2-12(10-16(14)20(24)29)18(27)25-6-8-26(9-7-25)21(30)15-5-3-13(23)11-17(15)22/h2-5,10-11H,6-9H2,1H3. The number of carbonyl (C=O) groups excluding carboxylic acids is 4. The van der Waals surface area contributed by atoms with Crippen molar-refractivity contribution in [1.82, 2.24) is 14.7 Å². The summed E-state index contributed by atoms with van der Waals surface area (Å²) in [5.74, 6) is -1.94. The molecule has 2 aromatic rings. The van der Waals surface area contributed by atoms with Gasteiger partial charge in [-0.05, 0) is 36.4 Å². The third kappa shape index (κ3) is 3.33. The highest BCUT2D eigenvalue weighted by molar-refractivity contribution is 6.33. The summed E-state index contributed by atoms with van der Waals surface area (Å²) in [7, 11) is 1.40. The molecule has 0 radical (unpaired) electrons. The molecule has 30 heavy (non-hydrogen) atoms. The Kier molecular flexibility index (Phi) is 5.03. The maximum Gasteiger partial charge on any atom is 0.261 e. The summed E-state index contributed by atoms with van der Waals surface area (Å²) >= 11 is 5.97. The van der Waals surface area contributed by atoms with E-state index in [1.54, 1.807) is 9.80 Å². The van der Waals surface area contributed by atoms with E-state index in [9.17, 15) is 23.6 Å². The fourth-order valence-corrected chi connectivity index (χ4v) is 3.87. The van der Waals surface area contributed by atoms with Gasteiger partial charge in [0.2, 0.25) is 0 Å². The Balaban J connectivity index is 1.45. The number of rotatable bonds is 2. The lowest BCUT2D eigenvalue weighted by Gasteiger charge is -2.35. The zero-order chi connectivity index (χ0) is 21.6. The van der Waals surface area contributed by atoms with Crippen molar-refractivity contribution in [1.29, 1.82) is 0 Å². The van der Waals surface area contributed by atoms with Crippen molar-refractivity contribution in [2.24, 2.45) is 0 Å². The van der Waals surface area contributed by atoms with Gasteiger partial charge in [-0.15, -0.1) is 0 Å². The van der Waals surface area contributed by atoms with E-state index in [1.165, 1.54) is 37.4 Å². The van der Waals surface area contributed by atoms with Crippen LogP contribution in [0.5, 0.6) is 0 Å².